The van der Waals surface area contributed by atoms with Gasteiger partial charge in [0.1, 0.15) is 0 Å². The second kappa shape index (κ2) is 4.32. The zero-order chi connectivity index (χ0) is 12.5. The molecule has 0 heterocycles. The summed E-state index contributed by atoms with van der Waals surface area (Å²) in [4.78, 5) is 11.2. The molecule has 88 valence electrons. The van der Waals surface area contributed by atoms with Gasteiger partial charge in [-0.3, -0.25) is 0 Å². The summed E-state index contributed by atoms with van der Waals surface area (Å²) in [5.74, 6) is -1.08. The van der Waals surface area contributed by atoms with Crippen LogP contribution in [-0.4, -0.2) is 13.1 Å². The van der Waals surface area contributed by atoms with Crippen LogP contribution >= 0.6 is 15.9 Å². The van der Waals surface area contributed by atoms with Crippen molar-refractivity contribution < 1.29 is 22.7 Å². The van der Waals surface area contributed by atoms with E-state index < -0.39 is 23.3 Å². The van der Waals surface area contributed by atoms with Gasteiger partial charge >= 0.3 is 12.1 Å². The van der Waals surface area contributed by atoms with E-state index >= 15 is 0 Å². The van der Waals surface area contributed by atoms with Crippen molar-refractivity contribution >= 4 is 27.6 Å². The highest BCUT2D eigenvalue weighted by atomic mass is 79.9. The molecule has 0 atom stereocenters. The maximum absolute atomic E-state index is 12.7. The number of halogens is 4. The van der Waals surface area contributed by atoms with Crippen LogP contribution in [0.1, 0.15) is 15.9 Å². The molecular weight excluding hydrogens is 291 g/mol. The lowest BCUT2D eigenvalue weighted by molar-refractivity contribution is -0.138. The van der Waals surface area contributed by atoms with Gasteiger partial charge in [0, 0.05) is 10.2 Å². The number of anilines is 1. The normalized spacial score (nSPS) is 11.3. The van der Waals surface area contributed by atoms with Crippen LogP contribution in [0.4, 0.5) is 18.9 Å². The lowest BCUT2D eigenvalue weighted by atomic mass is 10.1. The van der Waals surface area contributed by atoms with E-state index in [1.54, 1.807) is 0 Å². The third-order valence-corrected chi connectivity index (χ3v) is 2.43. The predicted molar refractivity (Wildman–Crippen MR) is 54.9 cm³/mol. The fourth-order valence-electron chi connectivity index (χ4n) is 1.19. The van der Waals surface area contributed by atoms with Gasteiger partial charge in [0.15, 0.2) is 0 Å². The van der Waals surface area contributed by atoms with Gasteiger partial charge < -0.3 is 10.5 Å². The summed E-state index contributed by atoms with van der Waals surface area (Å²) in [7, 11) is 1.000. The first kappa shape index (κ1) is 12.8. The molecule has 0 aliphatic rings. The fraction of sp³-hybridized carbons (Fsp3) is 0.222. The van der Waals surface area contributed by atoms with Crippen molar-refractivity contribution in [2.24, 2.45) is 0 Å². The lowest BCUT2D eigenvalue weighted by Gasteiger charge is -2.14. The zero-order valence-corrected chi connectivity index (χ0v) is 9.65. The first-order valence-corrected chi connectivity index (χ1v) is 4.81. The van der Waals surface area contributed by atoms with Gasteiger partial charge in [-0.25, -0.2) is 4.79 Å². The summed E-state index contributed by atoms with van der Waals surface area (Å²) >= 11 is 2.72. The standard InChI is InChI=1S/C9H7BrF3NO2/c1-16-8(15)5-2-4(14)3-6(10)7(5)9(11,12)13/h2-3H,14H2,1H3. The predicted octanol–water partition coefficient (Wildman–Crippen LogP) is 2.84. The topological polar surface area (TPSA) is 52.3 Å². The van der Waals surface area contributed by atoms with Crippen LogP contribution in [0, 0.1) is 0 Å². The highest BCUT2D eigenvalue weighted by molar-refractivity contribution is 9.10. The Balaban J connectivity index is 3.51. The Hall–Kier alpha value is -1.24. The molecule has 1 aromatic carbocycles. The average molecular weight is 298 g/mol. The highest BCUT2D eigenvalue weighted by Gasteiger charge is 2.38. The second-order valence-electron chi connectivity index (χ2n) is 2.91. The third kappa shape index (κ3) is 2.46. The highest BCUT2D eigenvalue weighted by Crippen LogP contribution is 2.38. The molecule has 1 aromatic rings. The van der Waals surface area contributed by atoms with Crippen LogP contribution in [0.3, 0.4) is 0 Å². The number of esters is 1. The molecule has 0 saturated carbocycles. The van der Waals surface area contributed by atoms with E-state index in [0.29, 0.717) is 0 Å². The molecule has 16 heavy (non-hydrogen) atoms. The van der Waals surface area contributed by atoms with E-state index in [0.717, 1.165) is 19.2 Å². The van der Waals surface area contributed by atoms with Gasteiger partial charge in [0.25, 0.3) is 0 Å². The van der Waals surface area contributed by atoms with E-state index in [9.17, 15) is 18.0 Å². The SMILES string of the molecule is COC(=O)c1cc(N)cc(Br)c1C(F)(F)F. The number of nitrogen functional groups attached to an aromatic ring is 1. The Labute approximate surface area is 97.5 Å². The van der Waals surface area contributed by atoms with Gasteiger partial charge in [-0.05, 0) is 12.1 Å². The van der Waals surface area contributed by atoms with Gasteiger partial charge in [0.05, 0.1) is 18.2 Å². The van der Waals surface area contributed by atoms with Crippen LogP contribution < -0.4 is 5.73 Å². The fourth-order valence-corrected chi connectivity index (χ4v) is 1.89. The van der Waals surface area contributed by atoms with E-state index in [1.807, 2.05) is 0 Å². The van der Waals surface area contributed by atoms with Gasteiger partial charge in [-0.1, -0.05) is 15.9 Å². The number of ether oxygens (including phenoxy) is 1. The first-order valence-electron chi connectivity index (χ1n) is 4.02. The molecule has 0 aliphatic heterocycles. The van der Waals surface area contributed by atoms with Crippen molar-refractivity contribution in [3.8, 4) is 0 Å². The van der Waals surface area contributed by atoms with E-state index in [1.165, 1.54) is 0 Å². The summed E-state index contributed by atoms with van der Waals surface area (Å²) in [6.45, 7) is 0. The molecule has 3 nitrogen and oxygen atoms in total. The summed E-state index contributed by atoms with van der Waals surface area (Å²) in [6.07, 6.45) is -4.66. The number of alkyl halides is 3. The van der Waals surface area contributed by atoms with Crippen LogP contribution in [0.2, 0.25) is 0 Å². The molecule has 0 aliphatic carbocycles. The molecule has 1 rings (SSSR count). The van der Waals surface area contributed by atoms with Crippen LogP contribution in [0.15, 0.2) is 16.6 Å². The molecule has 0 fully saturated rings. The summed E-state index contributed by atoms with van der Waals surface area (Å²) in [5.41, 5.74) is 3.70. The molecule has 0 unspecified atom stereocenters. The minimum absolute atomic E-state index is 0.0419. The van der Waals surface area contributed by atoms with E-state index in [2.05, 4.69) is 20.7 Å². The Morgan fingerprint density at radius 3 is 2.44 bits per heavy atom. The first-order chi connectivity index (χ1) is 7.27. The Bertz CT molecular complexity index is 431. The van der Waals surface area contributed by atoms with Crippen LogP contribution in [0.25, 0.3) is 0 Å². The number of rotatable bonds is 1. The maximum atomic E-state index is 12.7. The molecule has 0 saturated heterocycles. The van der Waals surface area contributed by atoms with Crippen LogP contribution in [-0.2, 0) is 10.9 Å². The Morgan fingerprint density at radius 1 is 1.44 bits per heavy atom. The van der Waals surface area contributed by atoms with E-state index in [-0.39, 0.29) is 10.2 Å². The quantitative estimate of drug-likeness (QED) is 0.640. The Kier molecular flexibility index (Phi) is 3.47. The summed E-state index contributed by atoms with van der Waals surface area (Å²) < 4.78 is 42.0. The van der Waals surface area contributed by atoms with E-state index in [4.69, 9.17) is 5.73 Å². The number of methoxy groups -OCH3 is 1. The molecule has 7 heteroatoms. The Morgan fingerprint density at radius 2 is 2.00 bits per heavy atom. The molecule has 0 spiro atoms. The van der Waals surface area contributed by atoms with Gasteiger partial charge in [0.2, 0.25) is 0 Å². The molecule has 0 amide bonds. The number of benzene rings is 1. The minimum Gasteiger partial charge on any atom is -0.465 e. The minimum atomic E-state index is -4.66. The van der Waals surface area contributed by atoms with Crippen molar-refractivity contribution in [3.05, 3.63) is 27.7 Å². The molecule has 2 N–H and O–H groups in total. The number of carbonyl (C=O) groups is 1. The number of nitrogens with two attached hydrogens (primary N) is 1. The molecule has 0 radical (unpaired) electrons. The van der Waals surface area contributed by atoms with Gasteiger partial charge in [-0.2, -0.15) is 13.2 Å². The monoisotopic (exact) mass is 297 g/mol. The van der Waals surface area contributed by atoms with Crippen molar-refractivity contribution in [2.45, 2.75) is 6.18 Å². The van der Waals surface area contributed by atoms with Crippen molar-refractivity contribution in [2.75, 3.05) is 12.8 Å². The molecular formula is C9H7BrF3NO2. The summed E-state index contributed by atoms with van der Waals surface area (Å²) in [5, 5.41) is 0. The van der Waals surface area contributed by atoms with Crippen molar-refractivity contribution in [3.63, 3.8) is 0 Å². The third-order valence-electron chi connectivity index (χ3n) is 1.80. The smallest absolute Gasteiger partial charge is 0.418 e. The van der Waals surface area contributed by atoms with Crippen molar-refractivity contribution in [1.82, 2.24) is 0 Å². The number of carbonyl (C=O) groups excluding carboxylic acids is 1. The molecule has 0 bridgehead atoms. The zero-order valence-electron chi connectivity index (χ0n) is 8.06. The maximum Gasteiger partial charge on any atom is 0.418 e. The van der Waals surface area contributed by atoms with Gasteiger partial charge in [-0.15, -0.1) is 0 Å². The van der Waals surface area contributed by atoms with Crippen molar-refractivity contribution in [1.29, 1.82) is 0 Å². The largest absolute Gasteiger partial charge is 0.465 e. The number of hydrogen-bond acceptors (Lipinski definition) is 3. The average Bonchev–Trinajstić information content (AvgIpc) is 2.12. The number of hydrogen-bond donors (Lipinski definition) is 1. The van der Waals surface area contributed by atoms with Crippen LogP contribution in [0.5, 0.6) is 0 Å². The summed E-state index contributed by atoms with van der Waals surface area (Å²) in [6, 6.07) is 2.01. The second-order valence-corrected chi connectivity index (χ2v) is 3.77. The molecule has 0 aromatic heterocycles. The lowest BCUT2D eigenvalue weighted by Crippen LogP contribution is -2.15.